The second kappa shape index (κ2) is 10.8. The van der Waals surface area contributed by atoms with E-state index >= 15 is 0 Å². The molecular weight excluding hydrogens is 462 g/mol. The van der Waals surface area contributed by atoms with E-state index in [1.165, 1.54) is 12.1 Å². The van der Waals surface area contributed by atoms with Crippen molar-refractivity contribution in [3.05, 3.63) is 59.2 Å². The van der Waals surface area contributed by atoms with Gasteiger partial charge in [-0.05, 0) is 60.7 Å². The molecular formula is C26H33N5O5. The van der Waals surface area contributed by atoms with E-state index in [0.717, 1.165) is 0 Å². The maximum absolute atomic E-state index is 13.1. The third-order valence-electron chi connectivity index (χ3n) is 6.35. The van der Waals surface area contributed by atoms with Gasteiger partial charge in [0.25, 0.3) is 5.91 Å². The number of carboxylic acids is 1. The highest BCUT2D eigenvalue weighted by Crippen LogP contribution is 2.31. The molecule has 2 aromatic carbocycles. The molecule has 10 nitrogen and oxygen atoms in total. The van der Waals surface area contributed by atoms with Crippen molar-refractivity contribution >= 4 is 35.0 Å². The summed E-state index contributed by atoms with van der Waals surface area (Å²) in [6.45, 7) is 5.90. The number of carbonyl (C=O) groups excluding carboxylic acids is 2. The smallest absolute Gasteiger partial charge is 0.337 e. The number of hydrogen-bond donors (Lipinski definition) is 6. The van der Waals surface area contributed by atoms with Gasteiger partial charge in [0.05, 0.1) is 23.9 Å². The Balaban J connectivity index is 1.82. The molecule has 0 radical (unpaired) electrons. The number of hydrogen-bond acceptors (Lipinski definition) is 6. The van der Waals surface area contributed by atoms with Crippen LogP contribution in [0.2, 0.25) is 0 Å². The Kier molecular flexibility index (Phi) is 7.99. The number of benzene rings is 2. The van der Waals surface area contributed by atoms with E-state index in [1.54, 1.807) is 35.2 Å². The molecule has 3 rings (SSSR count). The van der Waals surface area contributed by atoms with Gasteiger partial charge in [0.15, 0.2) is 0 Å². The minimum absolute atomic E-state index is 0.0709. The number of aromatic carboxylic acids is 1. The van der Waals surface area contributed by atoms with Gasteiger partial charge in [0.2, 0.25) is 5.91 Å². The van der Waals surface area contributed by atoms with Crippen molar-refractivity contribution in [2.75, 3.05) is 23.4 Å². The van der Waals surface area contributed by atoms with Gasteiger partial charge in [-0.25, -0.2) is 4.79 Å². The van der Waals surface area contributed by atoms with Crippen molar-refractivity contribution < 1.29 is 24.6 Å². The summed E-state index contributed by atoms with van der Waals surface area (Å²) in [5.41, 5.74) is 6.60. The zero-order valence-electron chi connectivity index (χ0n) is 20.7. The molecule has 2 amide bonds. The number of nitrogen functional groups attached to an aromatic ring is 1. The van der Waals surface area contributed by atoms with Crippen LogP contribution in [0, 0.1) is 10.8 Å². The molecule has 2 aromatic rings. The molecule has 0 aliphatic carbocycles. The molecule has 1 aliphatic rings. The number of carboxylic acid groups (broad SMARTS) is 1. The molecule has 1 saturated heterocycles. The fraction of sp³-hybridized carbons (Fsp3) is 0.385. The summed E-state index contributed by atoms with van der Waals surface area (Å²) in [6.07, 6.45) is 1.24. The van der Waals surface area contributed by atoms with Crippen LogP contribution in [0.5, 0.6) is 0 Å². The van der Waals surface area contributed by atoms with Crippen LogP contribution in [-0.4, -0.2) is 59.1 Å². The first kappa shape index (κ1) is 26.7. The number of aliphatic hydroxyl groups is 1. The second-order valence-electron chi connectivity index (χ2n) is 9.94. The van der Waals surface area contributed by atoms with Gasteiger partial charge in [-0.3, -0.25) is 15.0 Å². The van der Waals surface area contributed by atoms with E-state index in [9.17, 15) is 24.6 Å². The number of rotatable bonds is 8. The summed E-state index contributed by atoms with van der Waals surface area (Å²) in [4.78, 5) is 39.7. The summed E-state index contributed by atoms with van der Waals surface area (Å²) in [7, 11) is 0. The Morgan fingerprint density at radius 1 is 1.14 bits per heavy atom. The maximum atomic E-state index is 13.1. The van der Waals surface area contributed by atoms with Crippen molar-refractivity contribution in [2.45, 2.75) is 45.7 Å². The average Bonchev–Trinajstić information content (AvgIpc) is 3.31. The summed E-state index contributed by atoms with van der Waals surface area (Å²) in [5, 5.41) is 32.6. The number of amidine groups is 1. The standard InChI is InChI=1S/C26H33N5O5/c1-26(2,3)21(14-32)30-23(33)16-8-11-19(18(13-16)25(35)36)31-12-4-5-20(31)24(34)29-17-9-6-15(7-10-17)22(27)28/h6-11,13,20-21,32H,4-5,12,14H2,1-3H3,(H3,27,28)(H,29,34)(H,30,33)(H,35,36)/t20?,21-/m1/s1. The van der Waals surface area contributed by atoms with E-state index in [4.69, 9.17) is 11.1 Å². The Morgan fingerprint density at radius 3 is 2.33 bits per heavy atom. The minimum atomic E-state index is -1.21. The predicted molar refractivity (Wildman–Crippen MR) is 138 cm³/mol. The maximum Gasteiger partial charge on any atom is 0.337 e. The molecule has 192 valence electrons. The molecule has 10 heteroatoms. The van der Waals surface area contributed by atoms with Crippen LogP contribution in [0.4, 0.5) is 11.4 Å². The molecule has 0 spiro atoms. The first-order valence-corrected chi connectivity index (χ1v) is 11.7. The Bertz CT molecular complexity index is 1160. The van der Waals surface area contributed by atoms with Crippen molar-refractivity contribution in [3.8, 4) is 0 Å². The Morgan fingerprint density at radius 2 is 1.78 bits per heavy atom. The number of aliphatic hydroxyl groups excluding tert-OH is 1. The van der Waals surface area contributed by atoms with Crippen LogP contribution >= 0.6 is 0 Å². The van der Waals surface area contributed by atoms with Crippen molar-refractivity contribution in [3.63, 3.8) is 0 Å². The molecule has 0 aromatic heterocycles. The van der Waals surface area contributed by atoms with Crippen molar-refractivity contribution in [1.82, 2.24) is 5.32 Å². The van der Waals surface area contributed by atoms with Crippen LogP contribution in [0.3, 0.4) is 0 Å². The van der Waals surface area contributed by atoms with E-state index < -0.39 is 24.0 Å². The molecule has 1 unspecified atom stereocenters. The number of amides is 2. The lowest BCUT2D eigenvalue weighted by Crippen LogP contribution is -2.46. The molecule has 36 heavy (non-hydrogen) atoms. The molecule has 1 aliphatic heterocycles. The van der Waals surface area contributed by atoms with Gasteiger partial charge in [0.1, 0.15) is 11.9 Å². The van der Waals surface area contributed by atoms with Gasteiger partial charge >= 0.3 is 5.97 Å². The fourth-order valence-corrected chi connectivity index (χ4v) is 4.16. The SMILES string of the molecule is CC(C)(C)[C@@H](CO)NC(=O)c1ccc(N2CCCC2C(=O)Nc2ccc(C(=N)N)cc2)c(C(=O)O)c1. The van der Waals surface area contributed by atoms with Crippen molar-refractivity contribution in [2.24, 2.45) is 11.1 Å². The summed E-state index contributed by atoms with van der Waals surface area (Å²) >= 11 is 0. The minimum Gasteiger partial charge on any atom is -0.478 e. The van der Waals surface area contributed by atoms with E-state index in [1.807, 2.05) is 20.8 Å². The Labute approximate surface area is 210 Å². The lowest BCUT2D eigenvalue weighted by atomic mass is 9.87. The van der Waals surface area contributed by atoms with E-state index in [2.05, 4.69) is 10.6 Å². The molecule has 1 heterocycles. The average molecular weight is 496 g/mol. The molecule has 0 bridgehead atoms. The predicted octanol–water partition coefficient (Wildman–Crippen LogP) is 2.41. The summed E-state index contributed by atoms with van der Waals surface area (Å²) in [5.74, 6) is -2.04. The van der Waals surface area contributed by atoms with Gasteiger partial charge in [-0.15, -0.1) is 0 Å². The topological polar surface area (TPSA) is 169 Å². The number of anilines is 2. The van der Waals surface area contributed by atoms with Crippen molar-refractivity contribution in [1.29, 1.82) is 5.41 Å². The monoisotopic (exact) mass is 495 g/mol. The largest absolute Gasteiger partial charge is 0.478 e. The molecule has 1 fully saturated rings. The highest BCUT2D eigenvalue weighted by atomic mass is 16.4. The Hall–Kier alpha value is -3.92. The zero-order valence-corrected chi connectivity index (χ0v) is 20.7. The fourth-order valence-electron chi connectivity index (χ4n) is 4.16. The zero-order chi connectivity index (χ0) is 26.6. The van der Waals surface area contributed by atoms with Crippen LogP contribution in [0.1, 0.15) is 59.9 Å². The lowest BCUT2D eigenvalue weighted by molar-refractivity contribution is -0.117. The molecule has 2 atom stereocenters. The first-order valence-electron chi connectivity index (χ1n) is 11.7. The van der Waals surface area contributed by atoms with Crippen LogP contribution < -0.4 is 21.3 Å². The third kappa shape index (κ3) is 6.01. The number of nitrogens with zero attached hydrogens (tertiary/aromatic N) is 1. The normalized spacial score (nSPS) is 16.3. The van der Waals surface area contributed by atoms with Gasteiger partial charge < -0.3 is 31.5 Å². The third-order valence-corrected chi connectivity index (χ3v) is 6.35. The van der Waals surface area contributed by atoms with E-state index in [0.29, 0.717) is 36.3 Å². The van der Waals surface area contributed by atoms with Crippen LogP contribution in [0.15, 0.2) is 42.5 Å². The number of nitrogens with one attached hydrogen (secondary N) is 3. The van der Waals surface area contributed by atoms with Gasteiger partial charge in [0, 0.05) is 23.4 Å². The van der Waals surface area contributed by atoms with Gasteiger partial charge in [-0.2, -0.15) is 0 Å². The van der Waals surface area contributed by atoms with Crippen LogP contribution in [-0.2, 0) is 4.79 Å². The van der Waals surface area contributed by atoms with Crippen LogP contribution in [0.25, 0.3) is 0 Å². The molecule has 0 saturated carbocycles. The first-order chi connectivity index (χ1) is 16.9. The van der Waals surface area contributed by atoms with E-state index in [-0.39, 0.29) is 34.9 Å². The number of carbonyl (C=O) groups is 3. The highest BCUT2D eigenvalue weighted by Gasteiger charge is 2.34. The summed E-state index contributed by atoms with van der Waals surface area (Å²) in [6, 6.07) is 9.87. The number of nitrogens with two attached hydrogens (primary N) is 1. The summed E-state index contributed by atoms with van der Waals surface area (Å²) < 4.78 is 0. The quantitative estimate of drug-likeness (QED) is 0.241. The second-order valence-corrected chi connectivity index (χ2v) is 9.94. The lowest BCUT2D eigenvalue weighted by Gasteiger charge is -2.30. The highest BCUT2D eigenvalue weighted by molar-refractivity contribution is 6.03. The van der Waals surface area contributed by atoms with Gasteiger partial charge in [-0.1, -0.05) is 20.8 Å². The molecule has 7 N–H and O–H groups in total.